The summed E-state index contributed by atoms with van der Waals surface area (Å²) in [5.41, 5.74) is 0.688. The highest BCUT2D eigenvalue weighted by Crippen LogP contribution is 2.28. The van der Waals surface area contributed by atoms with Crippen molar-refractivity contribution >= 4 is 5.78 Å². The normalized spacial score (nSPS) is 23.0. The second-order valence-corrected chi connectivity index (χ2v) is 4.68. The summed E-state index contributed by atoms with van der Waals surface area (Å²) in [5, 5.41) is 0. The molecule has 0 aromatic heterocycles. The smallest absolute Gasteiger partial charge is 0.172 e. The standard InChI is InChI=1S/C15H20O3/c1-3-9-18-14-7-5-4-6-13(14)15(16)12-8-10-17-11(12)2/h4-7,11-12H,3,8-10H2,1-2H3. The second-order valence-electron chi connectivity index (χ2n) is 4.68. The summed E-state index contributed by atoms with van der Waals surface area (Å²) in [5.74, 6) is 0.812. The Morgan fingerprint density at radius 1 is 1.44 bits per heavy atom. The topological polar surface area (TPSA) is 35.5 Å². The predicted molar refractivity (Wildman–Crippen MR) is 70.1 cm³/mol. The van der Waals surface area contributed by atoms with Crippen LogP contribution in [-0.2, 0) is 4.74 Å². The van der Waals surface area contributed by atoms with Gasteiger partial charge in [0.25, 0.3) is 0 Å². The molecule has 98 valence electrons. The van der Waals surface area contributed by atoms with E-state index >= 15 is 0 Å². The molecule has 0 saturated carbocycles. The molecule has 1 aliphatic rings. The molecule has 0 amide bonds. The summed E-state index contributed by atoms with van der Waals surface area (Å²) in [6.45, 7) is 5.33. The van der Waals surface area contributed by atoms with Gasteiger partial charge in [-0.15, -0.1) is 0 Å². The lowest BCUT2D eigenvalue weighted by molar-refractivity contribution is 0.0761. The number of hydrogen-bond donors (Lipinski definition) is 0. The maximum absolute atomic E-state index is 12.5. The highest BCUT2D eigenvalue weighted by Gasteiger charge is 2.32. The molecular weight excluding hydrogens is 228 g/mol. The van der Waals surface area contributed by atoms with E-state index < -0.39 is 0 Å². The van der Waals surface area contributed by atoms with E-state index in [1.807, 2.05) is 31.2 Å². The van der Waals surface area contributed by atoms with E-state index in [0.29, 0.717) is 24.5 Å². The molecule has 1 aromatic rings. The van der Waals surface area contributed by atoms with Crippen LogP contribution in [0.3, 0.4) is 0 Å². The number of ether oxygens (including phenoxy) is 2. The molecule has 3 nitrogen and oxygen atoms in total. The summed E-state index contributed by atoms with van der Waals surface area (Å²) < 4.78 is 11.1. The molecule has 1 aliphatic heterocycles. The molecule has 1 fully saturated rings. The molecule has 2 rings (SSSR count). The largest absolute Gasteiger partial charge is 0.493 e. The van der Waals surface area contributed by atoms with Crippen LogP contribution in [-0.4, -0.2) is 25.1 Å². The van der Waals surface area contributed by atoms with E-state index in [-0.39, 0.29) is 17.8 Å². The minimum atomic E-state index is -0.0311. The first-order chi connectivity index (χ1) is 8.74. The zero-order chi connectivity index (χ0) is 13.0. The predicted octanol–water partition coefficient (Wildman–Crippen LogP) is 3.08. The van der Waals surface area contributed by atoms with Gasteiger partial charge in [0.1, 0.15) is 5.75 Å². The minimum Gasteiger partial charge on any atom is -0.493 e. The highest BCUT2D eigenvalue weighted by atomic mass is 16.5. The number of carbonyl (C=O) groups is 1. The zero-order valence-corrected chi connectivity index (χ0v) is 11.0. The first-order valence-electron chi connectivity index (χ1n) is 6.61. The summed E-state index contributed by atoms with van der Waals surface area (Å²) in [6, 6.07) is 7.49. The van der Waals surface area contributed by atoms with Crippen LogP contribution in [0.4, 0.5) is 0 Å². The van der Waals surface area contributed by atoms with Crippen LogP contribution in [0.15, 0.2) is 24.3 Å². The van der Waals surface area contributed by atoms with Crippen LogP contribution in [0.25, 0.3) is 0 Å². The van der Waals surface area contributed by atoms with Gasteiger partial charge in [-0.2, -0.15) is 0 Å². The Morgan fingerprint density at radius 2 is 2.22 bits per heavy atom. The number of para-hydroxylation sites is 1. The Hall–Kier alpha value is -1.35. The molecule has 0 aliphatic carbocycles. The van der Waals surface area contributed by atoms with E-state index in [1.165, 1.54) is 0 Å². The lowest BCUT2D eigenvalue weighted by Gasteiger charge is -2.15. The van der Waals surface area contributed by atoms with E-state index in [9.17, 15) is 4.79 Å². The second kappa shape index (κ2) is 6.01. The van der Waals surface area contributed by atoms with Crippen molar-refractivity contribution in [1.29, 1.82) is 0 Å². The molecule has 2 atom stereocenters. The molecular formula is C15H20O3. The Morgan fingerprint density at radius 3 is 2.89 bits per heavy atom. The van der Waals surface area contributed by atoms with Gasteiger partial charge in [0, 0.05) is 6.61 Å². The molecule has 0 bridgehead atoms. The number of ketones is 1. The monoisotopic (exact) mass is 248 g/mol. The van der Waals surface area contributed by atoms with E-state index in [4.69, 9.17) is 9.47 Å². The number of carbonyl (C=O) groups excluding carboxylic acids is 1. The summed E-state index contributed by atoms with van der Waals surface area (Å²) in [7, 11) is 0. The van der Waals surface area contributed by atoms with Crippen molar-refractivity contribution in [3.63, 3.8) is 0 Å². The van der Waals surface area contributed by atoms with E-state index in [0.717, 1.165) is 12.8 Å². The third-order valence-corrected chi connectivity index (χ3v) is 3.33. The van der Waals surface area contributed by atoms with Crippen molar-refractivity contribution in [1.82, 2.24) is 0 Å². The molecule has 0 spiro atoms. The molecule has 1 aromatic carbocycles. The van der Waals surface area contributed by atoms with Crippen LogP contribution in [0.5, 0.6) is 5.75 Å². The summed E-state index contributed by atoms with van der Waals surface area (Å²) in [6.07, 6.45) is 1.75. The summed E-state index contributed by atoms with van der Waals surface area (Å²) >= 11 is 0. The average Bonchev–Trinajstić information content (AvgIpc) is 2.82. The van der Waals surface area contributed by atoms with E-state index in [1.54, 1.807) is 0 Å². The fraction of sp³-hybridized carbons (Fsp3) is 0.533. The van der Waals surface area contributed by atoms with Crippen molar-refractivity contribution in [2.45, 2.75) is 32.8 Å². The van der Waals surface area contributed by atoms with Gasteiger partial charge in [-0.1, -0.05) is 19.1 Å². The number of benzene rings is 1. The summed E-state index contributed by atoms with van der Waals surface area (Å²) in [4.78, 5) is 12.5. The Labute approximate surface area is 108 Å². The minimum absolute atomic E-state index is 0.0109. The molecule has 3 heteroatoms. The first kappa shape index (κ1) is 13.1. The Bertz CT molecular complexity index is 414. The molecule has 1 saturated heterocycles. The maximum Gasteiger partial charge on any atom is 0.172 e. The lowest BCUT2D eigenvalue weighted by atomic mass is 9.92. The van der Waals surface area contributed by atoms with Crippen LogP contribution in [0.2, 0.25) is 0 Å². The fourth-order valence-corrected chi connectivity index (χ4v) is 2.28. The van der Waals surface area contributed by atoms with Crippen molar-refractivity contribution < 1.29 is 14.3 Å². The number of hydrogen-bond acceptors (Lipinski definition) is 3. The fourth-order valence-electron chi connectivity index (χ4n) is 2.28. The maximum atomic E-state index is 12.5. The molecule has 0 N–H and O–H groups in total. The molecule has 2 unspecified atom stereocenters. The molecule has 1 heterocycles. The highest BCUT2D eigenvalue weighted by molar-refractivity contribution is 6.00. The van der Waals surface area contributed by atoms with Gasteiger partial charge < -0.3 is 9.47 Å². The molecule has 0 radical (unpaired) electrons. The van der Waals surface area contributed by atoms with Gasteiger partial charge in [0.15, 0.2) is 5.78 Å². The van der Waals surface area contributed by atoms with Crippen molar-refractivity contribution in [3.05, 3.63) is 29.8 Å². The van der Waals surface area contributed by atoms with Gasteiger partial charge in [0.05, 0.1) is 24.2 Å². The van der Waals surface area contributed by atoms with Crippen molar-refractivity contribution in [3.8, 4) is 5.75 Å². The average molecular weight is 248 g/mol. The van der Waals surface area contributed by atoms with Crippen molar-refractivity contribution in [2.75, 3.05) is 13.2 Å². The Kier molecular flexibility index (Phi) is 4.37. The van der Waals surface area contributed by atoms with Gasteiger partial charge in [0.2, 0.25) is 0 Å². The molecule has 18 heavy (non-hydrogen) atoms. The van der Waals surface area contributed by atoms with Crippen LogP contribution in [0, 0.1) is 5.92 Å². The van der Waals surface area contributed by atoms with E-state index in [2.05, 4.69) is 6.92 Å². The number of rotatable bonds is 5. The van der Waals surface area contributed by atoms with Crippen LogP contribution in [0.1, 0.15) is 37.0 Å². The number of Topliss-reactive ketones (excluding diaryl/α,β-unsaturated/α-hetero) is 1. The third kappa shape index (κ3) is 2.72. The van der Waals surface area contributed by atoms with Crippen molar-refractivity contribution in [2.24, 2.45) is 5.92 Å². The van der Waals surface area contributed by atoms with Crippen LogP contribution < -0.4 is 4.74 Å². The Balaban J connectivity index is 2.18. The SMILES string of the molecule is CCCOc1ccccc1C(=O)C1CCOC1C. The van der Waals surface area contributed by atoms with Gasteiger partial charge in [-0.3, -0.25) is 4.79 Å². The van der Waals surface area contributed by atoms with Gasteiger partial charge in [-0.25, -0.2) is 0 Å². The van der Waals surface area contributed by atoms with Crippen LogP contribution >= 0.6 is 0 Å². The van der Waals surface area contributed by atoms with Gasteiger partial charge >= 0.3 is 0 Å². The van der Waals surface area contributed by atoms with Gasteiger partial charge in [-0.05, 0) is 31.9 Å². The first-order valence-corrected chi connectivity index (χ1v) is 6.61. The quantitative estimate of drug-likeness (QED) is 0.751. The lowest BCUT2D eigenvalue weighted by Crippen LogP contribution is -2.22. The zero-order valence-electron chi connectivity index (χ0n) is 11.0. The third-order valence-electron chi connectivity index (χ3n) is 3.33.